The summed E-state index contributed by atoms with van der Waals surface area (Å²) in [5.74, 6) is 0.752. The van der Waals surface area contributed by atoms with Gasteiger partial charge in [0.2, 0.25) is 0 Å². The normalized spacial score (nSPS) is 11.2. The highest BCUT2D eigenvalue weighted by Crippen LogP contribution is 2.23. The van der Waals surface area contributed by atoms with Gasteiger partial charge in [-0.2, -0.15) is 8.97 Å². The molecule has 0 unspecified atom stereocenters. The van der Waals surface area contributed by atoms with Gasteiger partial charge < -0.3 is 9.84 Å². The van der Waals surface area contributed by atoms with E-state index in [0.717, 1.165) is 11.3 Å². The van der Waals surface area contributed by atoms with Crippen LogP contribution < -0.4 is 14.9 Å². The van der Waals surface area contributed by atoms with Crippen molar-refractivity contribution in [1.29, 1.82) is 0 Å². The molecule has 0 amide bonds. The maximum absolute atomic E-state index is 13.0. The van der Waals surface area contributed by atoms with Crippen LogP contribution in [0, 0.1) is 0 Å². The lowest BCUT2D eigenvalue weighted by molar-refractivity contribution is -0.670. The molecule has 2 aromatic heterocycles. The molecule has 1 N–H and O–H groups in total. The number of benzene rings is 2. The molecule has 0 atom stereocenters. The van der Waals surface area contributed by atoms with Crippen LogP contribution in [0.5, 0.6) is 11.6 Å². The van der Waals surface area contributed by atoms with Crippen molar-refractivity contribution in [2.24, 2.45) is 0 Å². The van der Waals surface area contributed by atoms with Gasteiger partial charge in [0.05, 0.1) is 13.3 Å². The predicted molar refractivity (Wildman–Crippen MR) is 113 cm³/mol. The Morgan fingerprint density at radius 1 is 1.00 bits per heavy atom. The molecular formula is C24H21N2O3+. The lowest BCUT2D eigenvalue weighted by Gasteiger charge is -2.08. The highest BCUT2D eigenvalue weighted by atomic mass is 16.5. The SMILES string of the molecule is COc1ccc(/C=C/C[n+]2c(O)c(-c3ccccc3)c(=O)n3ccccc32)cc1. The molecule has 0 saturated carbocycles. The number of methoxy groups -OCH3 is 1. The Balaban J connectivity index is 1.79. The van der Waals surface area contributed by atoms with Crippen molar-refractivity contribution in [1.82, 2.24) is 4.40 Å². The first-order valence-electron chi connectivity index (χ1n) is 9.31. The van der Waals surface area contributed by atoms with E-state index < -0.39 is 0 Å². The van der Waals surface area contributed by atoms with E-state index in [9.17, 15) is 9.90 Å². The smallest absolute Gasteiger partial charge is 0.354 e. The average molecular weight is 385 g/mol. The summed E-state index contributed by atoms with van der Waals surface area (Å²) >= 11 is 0. The summed E-state index contributed by atoms with van der Waals surface area (Å²) in [7, 11) is 1.64. The third-order valence-electron chi connectivity index (χ3n) is 4.80. The topological polar surface area (TPSA) is 54.8 Å². The summed E-state index contributed by atoms with van der Waals surface area (Å²) in [5, 5.41) is 11.0. The number of aromatic hydroxyl groups is 1. The van der Waals surface area contributed by atoms with Gasteiger partial charge in [-0.25, -0.2) is 4.79 Å². The molecule has 0 bridgehead atoms. The van der Waals surface area contributed by atoms with Gasteiger partial charge in [0.1, 0.15) is 12.3 Å². The number of hydrogen-bond donors (Lipinski definition) is 1. The highest BCUT2D eigenvalue weighted by Gasteiger charge is 2.23. The largest absolute Gasteiger partial charge is 0.497 e. The van der Waals surface area contributed by atoms with Crippen LogP contribution in [0.3, 0.4) is 0 Å². The molecule has 0 radical (unpaired) electrons. The van der Waals surface area contributed by atoms with Crippen molar-refractivity contribution >= 4 is 11.7 Å². The van der Waals surface area contributed by atoms with Crippen LogP contribution in [-0.2, 0) is 6.54 Å². The molecule has 0 spiro atoms. The fraction of sp³-hybridized carbons (Fsp3) is 0.0833. The second-order valence-electron chi connectivity index (χ2n) is 6.58. The van der Waals surface area contributed by atoms with Gasteiger partial charge in [0.15, 0.2) is 5.56 Å². The number of aromatic nitrogens is 2. The second-order valence-corrected chi connectivity index (χ2v) is 6.58. The van der Waals surface area contributed by atoms with E-state index in [0.29, 0.717) is 17.8 Å². The summed E-state index contributed by atoms with van der Waals surface area (Å²) in [6.07, 6.45) is 5.64. The van der Waals surface area contributed by atoms with Gasteiger partial charge in [-0.05, 0) is 35.4 Å². The van der Waals surface area contributed by atoms with Crippen LogP contribution in [0.15, 0.2) is 89.9 Å². The molecule has 4 rings (SSSR count). The maximum atomic E-state index is 13.0. The fourth-order valence-electron chi connectivity index (χ4n) is 3.33. The number of ether oxygens (including phenoxy) is 1. The van der Waals surface area contributed by atoms with Crippen molar-refractivity contribution < 1.29 is 14.4 Å². The molecule has 2 aromatic carbocycles. The van der Waals surface area contributed by atoms with Crippen LogP contribution >= 0.6 is 0 Å². The molecule has 5 nitrogen and oxygen atoms in total. The van der Waals surface area contributed by atoms with E-state index in [1.54, 1.807) is 28.3 Å². The molecule has 29 heavy (non-hydrogen) atoms. The van der Waals surface area contributed by atoms with Crippen LogP contribution in [0.2, 0.25) is 0 Å². The maximum Gasteiger partial charge on any atom is 0.354 e. The quantitative estimate of drug-likeness (QED) is 0.533. The molecule has 0 aliphatic rings. The van der Waals surface area contributed by atoms with Crippen molar-refractivity contribution in [3.05, 3.63) is 101 Å². The number of allylic oxidation sites excluding steroid dienone is 1. The van der Waals surface area contributed by atoms with Crippen molar-refractivity contribution in [3.8, 4) is 22.8 Å². The molecular weight excluding hydrogens is 364 g/mol. The minimum absolute atomic E-state index is 0.0493. The number of rotatable bonds is 5. The molecule has 0 fully saturated rings. The lowest BCUT2D eigenvalue weighted by Crippen LogP contribution is -2.40. The first kappa shape index (κ1) is 18.5. The van der Waals surface area contributed by atoms with Crippen molar-refractivity contribution in [2.75, 3.05) is 7.11 Å². The Morgan fingerprint density at radius 3 is 2.45 bits per heavy atom. The Bertz CT molecular complexity index is 1230. The lowest BCUT2D eigenvalue weighted by atomic mass is 10.1. The van der Waals surface area contributed by atoms with Gasteiger partial charge in [0, 0.05) is 6.07 Å². The van der Waals surface area contributed by atoms with Crippen LogP contribution in [-0.4, -0.2) is 16.6 Å². The molecule has 4 aromatic rings. The third-order valence-corrected chi connectivity index (χ3v) is 4.80. The van der Waals surface area contributed by atoms with E-state index >= 15 is 0 Å². The number of fused-ring (bicyclic) bond motifs is 1. The van der Waals surface area contributed by atoms with E-state index in [4.69, 9.17) is 4.74 Å². The molecule has 0 aliphatic heterocycles. The third kappa shape index (κ3) is 3.62. The number of nitrogens with zero attached hydrogens (tertiary/aromatic N) is 2. The zero-order valence-electron chi connectivity index (χ0n) is 16.0. The zero-order chi connectivity index (χ0) is 20.2. The minimum Gasteiger partial charge on any atom is -0.497 e. The van der Waals surface area contributed by atoms with Crippen LogP contribution in [0.1, 0.15) is 5.56 Å². The fourth-order valence-corrected chi connectivity index (χ4v) is 3.33. The average Bonchev–Trinajstić information content (AvgIpc) is 2.77. The second kappa shape index (κ2) is 8.02. The molecule has 0 aliphatic carbocycles. The summed E-state index contributed by atoms with van der Waals surface area (Å²) in [4.78, 5) is 13.0. The van der Waals surface area contributed by atoms with Gasteiger partial charge in [0.25, 0.3) is 11.5 Å². The first-order valence-corrected chi connectivity index (χ1v) is 9.31. The van der Waals surface area contributed by atoms with Gasteiger partial charge in [-0.15, -0.1) is 0 Å². The van der Waals surface area contributed by atoms with E-state index in [1.807, 2.05) is 78.9 Å². The van der Waals surface area contributed by atoms with E-state index in [2.05, 4.69) is 0 Å². The van der Waals surface area contributed by atoms with Gasteiger partial charge in [-0.3, -0.25) is 0 Å². The number of hydrogen-bond acceptors (Lipinski definition) is 3. The highest BCUT2D eigenvalue weighted by molar-refractivity contribution is 5.67. The summed E-state index contributed by atoms with van der Waals surface area (Å²) in [5.41, 5.74) is 2.36. The van der Waals surface area contributed by atoms with Gasteiger partial charge in [-0.1, -0.05) is 54.6 Å². The molecule has 0 saturated heterocycles. The monoisotopic (exact) mass is 385 g/mol. The Labute approximate surface area is 168 Å². The van der Waals surface area contributed by atoms with E-state index in [-0.39, 0.29) is 17.0 Å². The minimum atomic E-state index is -0.250. The first-order chi connectivity index (χ1) is 14.2. The van der Waals surface area contributed by atoms with Crippen LogP contribution in [0.4, 0.5) is 0 Å². The van der Waals surface area contributed by atoms with Crippen molar-refractivity contribution in [3.63, 3.8) is 0 Å². The Kier molecular flexibility index (Phi) is 5.12. The summed E-state index contributed by atoms with van der Waals surface area (Å²) < 4.78 is 8.46. The standard InChI is InChI=1S/C24H20N2O3/c1-29-20-14-12-18(13-15-20)8-7-17-26-21-11-5-6-16-25(21)23(27)22(24(26)28)19-9-3-2-4-10-19/h2-16H,17H2,1H3/p+1/b8-7+. The molecule has 2 heterocycles. The molecule has 144 valence electrons. The van der Waals surface area contributed by atoms with Crippen LogP contribution in [0.25, 0.3) is 22.9 Å². The van der Waals surface area contributed by atoms with E-state index in [1.165, 1.54) is 0 Å². The predicted octanol–water partition coefficient (Wildman–Crippen LogP) is 3.68. The zero-order valence-corrected chi connectivity index (χ0v) is 16.0. The summed E-state index contributed by atoms with van der Waals surface area (Å²) in [6, 6.07) is 22.4. The summed E-state index contributed by atoms with van der Waals surface area (Å²) in [6.45, 7) is 0.408. The Hall–Kier alpha value is -3.86. The number of pyridine rings is 1. The van der Waals surface area contributed by atoms with Crippen molar-refractivity contribution in [2.45, 2.75) is 6.54 Å². The Morgan fingerprint density at radius 2 is 1.72 bits per heavy atom. The van der Waals surface area contributed by atoms with Gasteiger partial charge >= 0.3 is 5.56 Å². The molecule has 5 heteroatoms.